The monoisotopic (exact) mass is 216 g/mol. The fourth-order valence-corrected chi connectivity index (χ4v) is 2.06. The van der Waals surface area contributed by atoms with Crippen molar-refractivity contribution < 1.29 is 4.74 Å². The van der Waals surface area contributed by atoms with E-state index in [0.717, 1.165) is 32.7 Å². The number of rotatable bonds is 9. The molecule has 2 N–H and O–H groups in total. The van der Waals surface area contributed by atoms with Gasteiger partial charge in [-0.2, -0.15) is 0 Å². The highest BCUT2D eigenvalue weighted by atomic mass is 16.5. The highest BCUT2D eigenvalue weighted by Gasteiger charge is 2.22. The van der Waals surface area contributed by atoms with Crippen LogP contribution in [0.25, 0.3) is 0 Å². The maximum atomic E-state index is 5.84. The summed E-state index contributed by atoms with van der Waals surface area (Å²) in [7, 11) is 3.92. The summed E-state index contributed by atoms with van der Waals surface area (Å²) in [5.41, 5.74) is 6.12. The number of hydrogen-bond acceptors (Lipinski definition) is 3. The van der Waals surface area contributed by atoms with Crippen molar-refractivity contribution in [2.24, 2.45) is 11.1 Å². The maximum Gasteiger partial charge on any atom is 0.0474 e. The number of ether oxygens (including phenoxy) is 1. The quantitative estimate of drug-likeness (QED) is 0.596. The van der Waals surface area contributed by atoms with Gasteiger partial charge in [0.1, 0.15) is 0 Å². The summed E-state index contributed by atoms with van der Waals surface area (Å²) in [5, 5.41) is 0. The topological polar surface area (TPSA) is 38.5 Å². The molecular formula is C12H28N2O. The Hall–Kier alpha value is -0.120. The predicted molar refractivity (Wildman–Crippen MR) is 66.1 cm³/mol. The van der Waals surface area contributed by atoms with Crippen molar-refractivity contribution in [1.82, 2.24) is 4.90 Å². The average Bonchev–Trinajstić information content (AvgIpc) is 2.18. The van der Waals surface area contributed by atoms with Gasteiger partial charge in [-0.3, -0.25) is 0 Å². The third-order valence-corrected chi connectivity index (χ3v) is 2.89. The number of nitrogens with two attached hydrogens (primary N) is 1. The molecule has 3 heteroatoms. The van der Waals surface area contributed by atoms with Gasteiger partial charge in [0.25, 0.3) is 0 Å². The van der Waals surface area contributed by atoms with Gasteiger partial charge >= 0.3 is 0 Å². The number of methoxy groups -OCH3 is 1. The second-order valence-corrected chi connectivity index (χ2v) is 4.85. The molecule has 92 valence electrons. The molecule has 0 aromatic heterocycles. The van der Waals surface area contributed by atoms with Crippen molar-refractivity contribution in [1.29, 1.82) is 0 Å². The van der Waals surface area contributed by atoms with Crippen molar-refractivity contribution in [3.63, 3.8) is 0 Å². The highest BCUT2D eigenvalue weighted by Crippen LogP contribution is 2.22. The molecule has 1 atom stereocenters. The first kappa shape index (κ1) is 14.9. The van der Waals surface area contributed by atoms with Gasteiger partial charge in [-0.05, 0) is 31.8 Å². The maximum absolute atomic E-state index is 5.84. The van der Waals surface area contributed by atoms with Crippen LogP contribution in [0.5, 0.6) is 0 Å². The Morgan fingerprint density at radius 2 is 2.07 bits per heavy atom. The van der Waals surface area contributed by atoms with Gasteiger partial charge in [-0.25, -0.2) is 0 Å². The van der Waals surface area contributed by atoms with Crippen LogP contribution in [0.3, 0.4) is 0 Å². The van der Waals surface area contributed by atoms with Crippen molar-refractivity contribution >= 4 is 0 Å². The zero-order valence-electron chi connectivity index (χ0n) is 10.9. The summed E-state index contributed by atoms with van der Waals surface area (Å²) >= 11 is 0. The standard InChI is InChI=1S/C12H28N2O/c1-5-7-12(2,10-13)11-14(3)8-6-9-15-4/h5-11,13H2,1-4H3. The molecule has 0 aliphatic carbocycles. The molecule has 0 spiro atoms. The van der Waals surface area contributed by atoms with E-state index in [2.05, 4.69) is 25.8 Å². The summed E-state index contributed by atoms with van der Waals surface area (Å²) in [4.78, 5) is 2.36. The Morgan fingerprint density at radius 1 is 1.40 bits per heavy atom. The SMILES string of the molecule is CCCC(C)(CN)CN(C)CCCOC. The molecule has 0 rings (SSSR count). The molecule has 0 saturated carbocycles. The van der Waals surface area contributed by atoms with Crippen molar-refractivity contribution in [2.75, 3.05) is 40.4 Å². The van der Waals surface area contributed by atoms with Crippen LogP contribution in [-0.4, -0.2) is 45.3 Å². The molecule has 1 unspecified atom stereocenters. The minimum absolute atomic E-state index is 0.274. The normalized spacial score (nSPS) is 15.6. The zero-order valence-corrected chi connectivity index (χ0v) is 10.9. The van der Waals surface area contributed by atoms with E-state index < -0.39 is 0 Å². The Labute approximate surface area is 95.0 Å². The number of nitrogens with zero attached hydrogens (tertiary/aromatic N) is 1. The predicted octanol–water partition coefficient (Wildman–Crippen LogP) is 1.72. The van der Waals surface area contributed by atoms with Crippen molar-refractivity contribution in [3.05, 3.63) is 0 Å². The fraction of sp³-hybridized carbons (Fsp3) is 1.00. The van der Waals surface area contributed by atoms with E-state index in [1.54, 1.807) is 7.11 Å². The molecular weight excluding hydrogens is 188 g/mol. The first-order valence-electron chi connectivity index (χ1n) is 5.95. The van der Waals surface area contributed by atoms with Crippen LogP contribution in [0.4, 0.5) is 0 Å². The molecule has 3 nitrogen and oxygen atoms in total. The summed E-state index contributed by atoms with van der Waals surface area (Å²) in [5.74, 6) is 0. The summed E-state index contributed by atoms with van der Waals surface area (Å²) in [6.07, 6.45) is 3.51. The van der Waals surface area contributed by atoms with Gasteiger partial charge in [0.15, 0.2) is 0 Å². The van der Waals surface area contributed by atoms with Crippen LogP contribution >= 0.6 is 0 Å². The Bertz CT molecular complexity index is 153. The minimum atomic E-state index is 0.274. The van der Waals surface area contributed by atoms with Crippen LogP contribution in [0.1, 0.15) is 33.1 Å². The van der Waals surface area contributed by atoms with Crippen molar-refractivity contribution in [3.8, 4) is 0 Å². The molecule has 0 amide bonds. The van der Waals surface area contributed by atoms with E-state index in [4.69, 9.17) is 10.5 Å². The first-order valence-corrected chi connectivity index (χ1v) is 5.95. The van der Waals surface area contributed by atoms with Crippen LogP contribution in [0.15, 0.2) is 0 Å². The summed E-state index contributed by atoms with van der Waals surface area (Å²) in [6, 6.07) is 0. The smallest absolute Gasteiger partial charge is 0.0474 e. The minimum Gasteiger partial charge on any atom is -0.385 e. The molecule has 0 bridgehead atoms. The fourth-order valence-electron chi connectivity index (χ4n) is 2.06. The third-order valence-electron chi connectivity index (χ3n) is 2.89. The van der Waals surface area contributed by atoms with Gasteiger partial charge in [-0.15, -0.1) is 0 Å². The molecule has 0 fully saturated rings. The van der Waals surface area contributed by atoms with Gasteiger partial charge in [-0.1, -0.05) is 20.3 Å². The molecule has 0 aliphatic rings. The molecule has 0 saturated heterocycles. The van der Waals surface area contributed by atoms with Gasteiger partial charge in [0, 0.05) is 26.8 Å². The lowest BCUT2D eigenvalue weighted by atomic mass is 9.85. The molecule has 0 heterocycles. The van der Waals surface area contributed by atoms with Gasteiger partial charge in [0.05, 0.1) is 0 Å². The zero-order chi connectivity index (χ0) is 11.7. The molecule has 0 aromatic carbocycles. The van der Waals surface area contributed by atoms with E-state index >= 15 is 0 Å². The van der Waals surface area contributed by atoms with E-state index in [0.29, 0.717) is 0 Å². The lowest BCUT2D eigenvalue weighted by molar-refractivity contribution is 0.152. The van der Waals surface area contributed by atoms with E-state index in [1.807, 2.05) is 0 Å². The molecule has 0 aromatic rings. The van der Waals surface area contributed by atoms with Crippen LogP contribution in [0, 0.1) is 5.41 Å². The van der Waals surface area contributed by atoms with Gasteiger partial charge in [0.2, 0.25) is 0 Å². The highest BCUT2D eigenvalue weighted by molar-refractivity contribution is 4.78. The first-order chi connectivity index (χ1) is 7.08. The second kappa shape index (κ2) is 8.08. The van der Waals surface area contributed by atoms with E-state index in [9.17, 15) is 0 Å². The lowest BCUT2D eigenvalue weighted by Crippen LogP contribution is -2.39. The average molecular weight is 216 g/mol. The van der Waals surface area contributed by atoms with Gasteiger partial charge < -0.3 is 15.4 Å². The number of hydrogen-bond donors (Lipinski definition) is 1. The van der Waals surface area contributed by atoms with Crippen LogP contribution in [0.2, 0.25) is 0 Å². The van der Waals surface area contributed by atoms with E-state index in [-0.39, 0.29) is 5.41 Å². The summed E-state index contributed by atoms with van der Waals surface area (Å²) < 4.78 is 5.04. The molecule has 0 aliphatic heterocycles. The van der Waals surface area contributed by atoms with Crippen molar-refractivity contribution in [2.45, 2.75) is 33.1 Å². The third kappa shape index (κ3) is 6.88. The largest absolute Gasteiger partial charge is 0.385 e. The Kier molecular flexibility index (Phi) is 8.02. The second-order valence-electron chi connectivity index (χ2n) is 4.85. The van der Waals surface area contributed by atoms with Crippen LogP contribution in [-0.2, 0) is 4.74 Å². The Morgan fingerprint density at radius 3 is 2.53 bits per heavy atom. The molecule has 15 heavy (non-hydrogen) atoms. The van der Waals surface area contributed by atoms with E-state index in [1.165, 1.54) is 12.8 Å². The Balaban J connectivity index is 3.84. The summed E-state index contributed by atoms with van der Waals surface area (Å²) in [6.45, 7) is 8.29. The molecule has 0 radical (unpaired) electrons. The lowest BCUT2D eigenvalue weighted by Gasteiger charge is -2.32. The van der Waals surface area contributed by atoms with Crippen LogP contribution < -0.4 is 5.73 Å².